The summed E-state index contributed by atoms with van der Waals surface area (Å²) in [7, 11) is -3.48. The number of rotatable bonds is 5. The fourth-order valence-corrected chi connectivity index (χ4v) is 4.01. The fourth-order valence-electron chi connectivity index (χ4n) is 2.60. The highest BCUT2D eigenvalue weighted by atomic mass is 32.2. The van der Waals surface area contributed by atoms with Crippen LogP contribution in [-0.4, -0.2) is 29.2 Å². The lowest BCUT2D eigenvalue weighted by Gasteiger charge is -2.19. The van der Waals surface area contributed by atoms with E-state index in [0.29, 0.717) is 17.9 Å². The number of benzene rings is 1. The molecule has 1 N–H and O–H groups in total. The van der Waals surface area contributed by atoms with Gasteiger partial charge in [-0.3, -0.25) is 4.68 Å². The SMILES string of the molecule is CC(Cn1cncn1)NS(=O)(=O)C1=Cc2ccccc2CC1. The lowest BCUT2D eigenvalue weighted by molar-refractivity contribution is 0.495. The van der Waals surface area contributed by atoms with Gasteiger partial charge in [0, 0.05) is 6.04 Å². The van der Waals surface area contributed by atoms with E-state index in [2.05, 4.69) is 14.8 Å². The van der Waals surface area contributed by atoms with E-state index in [4.69, 9.17) is 0 Å². The molecule has 0 saturated heterocycles. The zero-order valence-electron chi connectivity index (χ0n) is 12.3. The minimum absolute atomic E-state index is 0.259. The molecule has 1 aromatic heterocycles. The number of nitrogens with one attached hydrogen (secondary N) is 1. The molecule has 1 aromatic carbocycles. The second kappa shape index (κ2) is 6.02. The van der Waals surface area contributed by atoms with Gasteiger partial charge < -0.3 is 0 Å². The molecule has 1 unspecified atom stereocenters. The molecule has 2 aromatic rings. The second-order valence-corrected chi connectivity index (χ2v) is 7.22. The van der Waals surface area contributed by atoms with E-state index in [9.17, 15) is 8.42 Å². The van der Waals surface area contributed by atoms with Crippen LogP contribution < -0.4 is 4.72 Å². The standard InChI is InChI=1S/C15H18N4O2S/c1-12(9-19-11-16-10-17-19)18-22(20,21)15-7-6-13-4-2-3-5-14(13)8-15/h2-5,8,10-12,18H,6-7,9H2,1H3. The predicted molar refractivity (Wildman–Crippen MR) is 84.3 cm³/mol. The van der Waals surface area contributed by atoms with Gasteiger partial charge in [-0.15, -0.1) is 0 Å². The summed E-state index contributed by atoms with van der Waals surface area (Å²) < 4.78 is 29.3. The highest BCUT2D eigenvalue weighted by molar-refractivity contribution is 7.93. The zero-order chi connectivity index (χ0) is 15.6. The van der Waals surface area contributed by atoms with E-state index in [1.165, 1.54) is 11.9 Å². The lowest BCUT2D eigenvalue weighted by atomic mass is 9.98. The van der Waals surface area contributed by atoms with Crippen molar-refractivity contribution in [1.82, 2.24) is 19.5 Å². The Bertz CT molecular complexity index is 782. The van der Waals surface area contributed by atoms with Crippen molar-refractivity contribution < 1.29 is 8.42 Å². The van der Waals surface area contributed by atoms with Crippen LogP contribution in [0.3, 0.4) is 0 Å². The summed E-state index contributed by atoms with van der Waals surface area (Å²) in [6, 6.07) is 7.62. The summed E-state index contributed by atoms with van der Waals surface area (Å²) in [6.45, 7) is 2.26. The number of hydrogen-bond acceptors (Lipinski definition) is 4. The van der Waals surface area contributed by atoms with Crippen molar-refractivity contribution >= 4 is 16.1 Å². The molecule has 1 aliphatic carbocycles. The number of fused-ring (bicyclic) bond motifs is 1. The molecular weight excluding hydrogens is 300 g/mol. The predicted octanol–water partition coefficient (Wildman–Crippen LogP) is 1.57. The maximum absolute atomic E-state index is 12.5. The average Bonchev–Trinajstić information content (AvgIpc) is 2.99. The van der Waals surface area contributed by atoms with Gasteiger partial charge in [0.1, 0.15) is 12.7 Å². The first-order chi connectivity index (χ1) is 10.5. The molecule has 0 aliphatic heterocycles. The van der Waals surface area contributed by atoms with Gasteiger partial charge in [-0.05, 0) is 37.0 Å². The topological polar surface area (TPSA) is 76.9 Å². The minimum Gasteiger partial charge on any atom is -0.251 e. The van der Waals surface area contributed by atoms with E-state index in [0.717, 1.165) is 12.0 Å². The number of aromatic nitrogens is 3. The number of aryl methyl sites for hydroxylation is 1. The van der Waals surface area contributed by atoms with Crippen molar-refractivity contribution in [2.75, 3.05) is 0 Å². The molecule has 3 rings (SSSR count). The van der Waals surface area contributed by atoms with Crippen LogP contribution in [0.2, 0.25) is 0 Å². The van der Waals surface area contributed by atoms with Gasteiger partial charge in [-0.1, -0.05) is 24.3 Å². The Morgan fingerprint density at radius 2 is 2.14 bits per heavy atom. The molecule has 22 heavy (non-hydrogen) atoms. The quantitative estimate of drug-likeness (QED) is 0.908. The minimum atomic E-state index is -3.48. The molecule has 1 aliphatic rings. The van der Waals surface area contributed by atoms with Gasteiger partial charge in [0.05, 0.1) is 11.4 Å². The third kappa shape index (κ3) is 3.26. The van der Waals surface area contributed by atoms with Gasteiger partial charge in [0.15, 0.2) is 0 Å². The molecule has 0 spiro atoms. The summed E-state index contributed by atoms with van der Waals surface area (Å²) in [5.41, 5.74) is 2.18. The maximum atomic E-state index is 12.5. The van der Waals surface area contributed by atoms with E-state index in [1.807, 2.05) is 31.2 Å². The molecule has 1 heterocycles. The van der Waals surface area contributed by atoms with Crippen LogP contribution in [0.4, 0.5) is 0 Å². The van der Waals surface area contributed by atoms with E-state index in [1.54, 1.807) is 17.1 Å². The van der Waals surface area contributed by atoms with Crippen molar-refractivity contribution in [1.29, 1.82) is 0 Å². The molecule has 0 fully saturated rings. The van der Waals surface area contributed by atoms with E-state index in [-0.39, 0.29) is 6.04 Å². The molecule has 1 atom stereocenters. The summed E-state index contributed by atoms with van der Waals surface area (Å²) in [4.78, 5) is 4.29. The monoisotopic (exact) mass is 318 g/mol. The van der Waals surface area contributed by atoms with Crippen LogP contribution in [0.1, 0.15) is 24.5 Å². The first-order valence-corrected chi connectivity index (χ1v) is 8.66. The zero-order valence-corrected chi connectivity index (χ0v) is 13.1. The van der Waals surface area contributed by atoms with Crippen molar-refractivity contribution in [2.45, 2.75) is 32.4 Å². The first kappa shape index (κ1) is 14.9. The van der Waals surface area contributed by atoms with Gasteiger partial charge in [0.25, 0.3) is 0 Å². The molecular formula is C15H18N4O2S. The van der Waals surface area contributed by atoms with Gasteiger partial charge in [0.2, 0.25) is 10.0 Å². The molecule has 6 nitrogen and oxygen atoms in total. The van der Waals surface area contributed by atoms with Crippen LogP contribution in [0.5, 0.6) is 0 Å². The van der Waals surface area contributed by atoms with E-state index < -0.39 is 10.0 Å². The molecule has 0 amide bonds. The van der Waals surface area contributed by atoms with Gasteiger partial charge >= 0.3 is 0 Å². The fraction of sp³-hybridized carbons (Fsp3) is 0.333. The Kier molecular flexibility index (Phi) is 4.08. The Morgan fingerprint density at radius 3 is 2.91 bits per heavy atom. The molecule has 0 bridgehead atoms. The van der Waals surface area contributed by atoms with Crippen LogP contribution in [0.15, 0.2) is 41.8 Å². The Hall–Kier alpha value is -1.99. The average molecular weight is 318 g/mol. The summed E-state index contributed by atoms with van der Waals surface area (Å²) >= 11 is 0. The highest BCUT2D eigenvalue weighted by Crippen LogP contribution is 2.26. The smallest absolute Gasteiger partial charge is 0.237 e. The summed E-state index contributed by atoms with van der Waals surface area (Å²) in [5, 5.41) is 3.98. The normalized spacial score (nSPS) is 16.0. The van der Waals surface area contributed by atoms with Crippen LogP contribution in [-0.2, 0) is 23.0 Å². The first-order valence-electron chi connectivity index (χ1n) is 7.18. The van der Waals surface area contributed by atoms with E-state index >= 15 is 0 Å². The van der Waals surface area contributed by atoms with Crippen molar-refractivity contribution in [3.05, 3.63) is 53.0 Å². The van der Waals surface area contributed by atoms with Crippen molar-refractivity contribution in [3.8, 4) is 0 Å². The van der Waals surface area contributed by atoms with Crippen LogP contribution in [0.25, 0.3) is 6.08 Å². The Labute approximate surface area is 129 Å². The lowest BCUT2D eigenvalue weighted by Crippen LogP contribution is -2.36. The third-order valence-corrected chi connectivity index (χ3v) is 5.37. The Morgan fingerprint density at radius 1 is 1.32 bits per heavy atom. The third-order valence-electron chi connectivity index (χ3n) is 3.64. The van der Waals surface area contributed by atoms with Gasteiger partial charge in [-0.25, -0.2) is 18.1 Å². The second-order valence-electron chi connectivity index (χ2n) is 5.45. The summed E-state index contributed by atoms with van der Waals surface area (Å²) in [6.07, 6.45) is 6.05. The summed E-state index contributed by atoms with van der Waals surface area (Å²) in [5.74, 6) is 0. The molecule has 116 valence electrons. The molecule has 0 radical (unpaired) electrons. The van der Waals surface area contributed by atoms with Crippen LogP contribution >= 0.6 is 0 Å². The molecule has 0 saturated carbocycles. The maximum Gasteiger partial charge on any atom is 0.237 e. The number of hydrogen-bond donors (Lipinski definition) is 1. The number of allylic oxidation sites excluding steroid dienone is 1. The Balaban J connectivity index is 1.75. The number of nitrogens with zero attached hydrogens (tertiary/aromatic N) is 3. The molecule has 7 heteroatoms. The highest BCUT2D eigenvalue weighted by Gasteiger charge is 2.23. The van der Waals surface area contributed by atoms with Gasteiger partial charge in [-0.2, -0.15) is 5.10 Å². The number of sulfonamides is 1. The van der Waals surface area contributed by atoms with Crippen molar-refractivity contribution in [3.63, 3.8) is 0 Å². The largest absolute Gasteiger partial charge is 0.251 e. The van der Waals surface area contributed by atoms with Crippen LogP contribution in [0, 0.1) is 0 Å². The van der Waals surface area contributed by atoms with Crippen molar-refractivity contribution in [2.24, 2.45) is 0 Å².